The largest absolute Gasteiger partial charge is 0.360 e. The Morgan fingerprint density at radius 3 is 2.48 bits per heavy atom. The molecule has 6 nitrogen and oxygen atoms in total. The molecule has 3 rings (SSSR count). The van der Waals surface area contributed by atoms with Crippen LogP contribution in [0.3, 0.4) is 0 Å². The molecule has 1 aliphatic rings. The second-order valence-electron chi connectivity index (χ2n) is 7.31. The van der Waals surface area contributed by atoms with E-state index in [9.17, 15) is 4.79 Å². The highest BCUT2D eigenvalue weighted by atomic mass is 35.5. The number of nitrogens with one attached hydrogen (secondary N) is 2. The number of hydrogen-bond acceptors (Lipinski definition) is 4. The van der Waals surface area contributed by atoms with E-state index in [0.717, 1.165) is 23.7 Å². The first-order valence-electron chi connectivity index (χ1n) is 9.70. The van der Waals surface area contributed by atoms with Gasteiger partial charge in [-0.2, -0.15) is 0 Å². The van der Waals surface area contributed by atoms with Crippen molar-refractivity contribution in [2.24, 2.45) is 0 Å². The molecule has 0 aliphatic heterocycles. The number of amides is 1. The van der Waals surface area contributed by atoms with Gasteiger partial charge < -0.3 is 15.2 Å². The summed E-state index contributed by atoms with van der Waals surface area (Å²) < 4.78 is 7.12. The SMILES string of the molecule is Cc1cc(-n2c(C)cc(C(=O)NCCNC3CCCCCC3)c2C)no1.Cl. The van der Waals surface area contributed by atoms with Crippen LogP contribution in [0.5, 0.6) is 0 Å². The molecule has 2 N–H and O–H groups in total. The Morgan fingerprint density at radius 2 is 1.85 bits per heavy atom. The lowest BCUT2D eigenvalue weighted by Gasteiger charge is -2.16. The molecule has 150 valence electrons. The standard InChI is InChI=1S/C20H30N4O2.ClH/c1-14-12-18(16(3)24(14)19-13-15(2)26-23-19)20(25)22-11-10-21-17-8-6-4-5-7-9-17;/h12-13,17,21H,4-11H2,1-3H3,(H,22,25);1H. The minimum absolute atomic E-state index is 0. The fourth-order valence-electron chi connectivity index (χ4n) is 3.83. The molecule has 0 radical (unpaired) electrons. The summed E-state index contributed by atoms with van der Waals surface area (Å²) in [5.41, 5.74) is 2.54. The van der Waals surface area contributed by atoms with E-state index in [1.54, 1.807) is 0 Å². The molecule has 7 heteroatoms. The van der Waals surface area contributed by atoms with Crippen molar-refractivity contribution < 1.29 is 9.32 Å². The van der Waals surface area contributed by atoms with Crippen LogP contribution < -0.4 is 10.6 Å². The zero-order valence-electron chi connectivity index (χ0n) is 16.5. The molecule has 2 aromatic rings. The van der Waals surface area contributed by atoms with E-state index in [1.807, 2.05) is 37.5 Å². The summed E-state index contributed by atoms with van der Waals surface area (Å²) in [4.78, 5) is 12.6. The zero-order valence-corrected chi connectivity index (χ0v) is 17.3. The third kappa shape index (κ3) is 5.36. The van der Waals surface area contributed by atoms with Crippen molar-refractivity contribution in [1.29, 1.82) is 0 Å². The molecule has 0 bridgehead atoms. The molecule has 0 atom stereocenters. The lowest BCUT2D eigenvalue weighted by molar-refractivity contribution is 0.0953. The average molecular weight is 395 g/mol. The number of aromatic nitrogens is 2. The van der Waals surface area contributed by atoms with Gasteiger partial charge in [0.15, 0.2) is 5.82 Å². The number of halogens is 1. The number of carbonyl (C=O) groups excluding carboxylic acids is 1. The van der Waals surface area contributed by atoms with Gasteiger partial charge in [0.05, 0.1) is 5.56 Å². The lowest BCUT2D eigenvalue weighted by atomic mass is 10.1. The summed E-state index contributed by atoms with van der Waals surface area (Å²) in [5.74, 6) is 1.43. The molecule has 1 fully saturated rings. The highest BCUT2D eigenvalue weighted by Gasteiger charge is 2.18. The molecular formula is C20H31ClN4O2. The van der Waals surface area contributed by atoms with Crippen LogP contribution in [0.1, 0.15) is 66.0 Å². The predicted molar refractivity (Wildman–Crippen MR) is 109 cm³/mol. The Labute approximate surface area is 167 Å². The second kappa shape index (κ2) is 9.95. The van der Waals surface area contributed by atoms with Crippen LogP contribution in [0.25, 0.3) is 5.82 Å². The number of carbonyl (C=O) groups is 1. The third-order valence-corrected chi connectivity index (χ3v) is 5.22. The van der Waals surface area contributed by atoms with Crippen molar-refractivity contribution in [3.05, 3.63) is 34.8 Å². The molecular weight excluding hydrogens is 364 g/mol. The van der Waals surface area contributed by atoms with Gasteiger partial charge in [0.25, 0.3) is 5.91 Å². The maximum absolute atomic E-state index is 12.6. The van der Waals surface area contributed by atoms with Crippen LogP contribution in [0, 0.1) is 20.8 Å². The summed E-state index contributed by atoms with van der Waals surface area (Å²) in [6.07, 6.45) is 7.86. The van der Waals surface area contributed by atoms with Crippen LogP contribution in [-0.4, -0.2) is 34.8 Å². The maximum Gasteiger partial charge on any atom is 0.253 e. The first-order chi connectivity index (χ1) is 12.6. The predicted octanol–water partition coefficient (Wildman–Crippen LogP) is 3.85. The maximum atomic E-state index is 12.6. The van der Waals surface area contributed by atoms with E-state index in [0.29, 0.717) is 24.0 Å². The normalized spacial score (nSPS) is 15.2. The van der Waals surface area contributed by atoms with Gasteiger partial charge in [0.2, 0.25) is 0 Å². The fourth-order valence-corrected chi connectivity index (χ4v) is 3.83. The van der Waals surface area contributed by atoms with Crippen LogP contribution in [0.2, 0.25) is 0 Å². The summed E-state index contributed by atoms with van der Waals surface area (Å²) in [6, 6.07) is 4.39. The van der Waals surface area contributed by atoms with Gasteiger partial charge in [-0.3, -0.25) is 9.36 Å². The van der Waals surface area contributed by atoms with E-state index in [4.69, 9.17) is 4.52 Å². The molecule has 1 saturated carbocycles. The smallest absolute Gasteiger partial charge is 0.253 e. The number of rotatable bonds is 6. The van der Waals surface area contributed by atoms with Crippen molar-refractivity contribution in [3.63, 3.8) is 0 Å². The number of aryl methyl sites for hydroxylation is 2. The summed E-state index contributed by atoms with van der Waals surface area (Å²) >= 11 is 0. The fraction of sp³-hybridized carbons (Fsp3) is 0.600. The molecule has 2 aromatic heterocycles. The quantitative estimate of drug-likeness (QED) is 0.576. The molecule has 0 spiro atoms. The Balaban J connectivity index is 0.00000261. The van der Waals surface area contributed by atoms with Crippen molar-refractivity contribution in [3.8, 4) is 5.82 Å². The van der Waals surface area contributed by atoms with E-state index in [-0.39, 0.29) is 18.3 Å². The van der Waals surface area contributed by atoms with Gasteiger partial charge in [0.1, 0.15) is 5.76 Å². The van der Waals surface area contributed by atoms with Crippen LogP contribution in [-0.2, 0) is 0 Å². The van der Waals surface area contributed by atoms with Gasteiger partial charge in [0, 0.05) is 36.6 Å². The third-order valence-electron chi connectivity index (χ3n) is 5.22. The first kappa shape index (κ1) is 21.5. The molecule has 0 unspecified atom stereocenters. The molecule has 27 heavy (non-hydrogen) atoms. The minimum Gasteiger partial charge on any atom is -0.360 e. The minimum atomic E-state index is -0.0350. The van der Waals surface area contributed by atoms with E-state index in [1.165, 1.54) is 38.5 Å². The Hall–Kier alpha value is -1.79. The van der Waals surface area contributed by atoms with Crippen molar-refractivity contribution in [1.82, 2.24) is 20.4 Å². The Morgan fingerprint density at radius 1 is 1.15 bits per heavy atom. The second-order valence-corrected chi connectivity index (χ2v) is 7.31. The van der Waals surface area contributed by atoms with Gasteiger partial charge in [-0.05, 0) is 39.7 Å². The molecule has 0 aromatic carbocycles. The first-order valence-corrected chi connectivity index (χ1v) is 9.70. The average Bonchev–Trinajstić information content (AvgIpc) is 3.03. The lowest BCUT2D eigenvalue weighted by Crippen LogP contribution is -2.37. The van der Waals surface area contributed by atoms with Crippen LogP contribution >= 0.6 is 12.4 Å². The number of nitrogens with zero attached hydrogens (tertiary/aromatic N) is 2. The number of hydrogen-bond donors (Lipinski definition) is 2. The highest BCUT2D eigenvalue weighted by molar-refractivity contribution is 5.95. The monoisotopic (exact) mass is 394 g/mol. The zero-order chi connectivity index (χ0) is 18.5. The van der Waals surface area contributed by atoms with Crippen molar-refractivity contribution in [2.75, 3.05) is 13.1 Å². The summed E-state index contributed by atoms with van der Waals surface area (Å²) in [5, 5.41) is 10.7. The molecule has 2 heterocycles. The highest BCUT2D eigenvalue weighted by Crippen LogP contribution is 2.20. The van der Waals surface area contributed by atoms with Crippen molar-refractivity contribution in [2.45, 2.75) is 65.3 Å². The van der Waals surface area contributed by atoms with Gasteiger partial charge in [-0.1, -0.05) is 30.8 Å². The molecule has 1 amide bonds. The van der Waals surface area contributed by atoms with Crippen LogP contribution in [0.15, 0.2) is 16.7 Å². The summed E-state index contributed by atoms with van der Waals surface area (Å²) in [7, 11) is 0. The van der Waals surface area contributed by atoms with Gasteiger partial charge in [-0.15, -0.1) is 12.4 Å². The Kier molecular flexibility index (Phi) is 7.92. The van der Waals surface area contributed by atoms with Crippen LogP contribution in [0.4, 0.5) is 0 Å². The molecule has 0 saturated heterocycles. The molecule has 1 aliphatic carbocycles. The van der Waals surface area contributed by atoms with E-state index in [2.05, 4.69) is 15.8 Å². The Bertz CT molecular complexity index is 745. The van der Waals surface area contributed by atoms with Crippen molar-refractivity contribution >= 4 is 18.3 Å². The van der Waals surface area contributed by atoms with Gasteiger partial charge >= 0.3 is 0 Å². The van der Waals surface area contributed by atoms with Gasteiger partial charge in [-0.25, -0.2) is 0 Å². The van der Waals surface area contributed by atoms with E-state index >= 15 is 0 Å². The van der Waals surface area contributed by atoms with E-state index < -0.39 is 0 Å². The topological polar surface area (TPSA) is 72.1 Å². The summed E-state index contributed by atoms with van der Waals surface area (Å²) in [6.45, 7) is 7.23.